The fourth-order valence-electron chi connectivity index (χ4n) is 2.63. The predicted molar refractivity (Wildman–Crippen MR) is 74.5 cm³/mol. The molecular formula is C14H21NO3S. The minimum absolute atomic E-state index is 0.0851. The summed E-state index contributed by atoms with van der Waals surface area (Å²) in [6.45, 7) is 2.64. The van der Waals surface area contributed by atoms with Gasteiger partial charge in [-0.25, -0.2) is 8.42 Å². The number of aromatic hydroxyl groups is 1. The topological polar surface area (TPSA) is 57.6 Å². The van der Waals surface area contributed by atoms with Crippen LogP contribution in [0.15, 0.2) is 29.2 Å². The molecule has 1 atom stereocenters. The van der Waals surface area contributed by atoms with E-state index in [9.17, 15) is 13.5 Å². The molecule has 1 aliphatic heterocycles. The second-order valence-electron chi connectivity index (χ2n) is 5.02. The van der Waals surface area contributed by atoms with Gasteiger partial charge in [0.1, 0.15) is 5.75 Å². The van der Waals surface area contributed by atoms with Crippen LogP contribution in [0.2, 0.25) is 0 Å². The van der Waals surface area contributed by atoms with Crippen LogP contribution in [0.4, 0.5) is 0 Å². The van der Waals surface area contributed by atoms with Gasteiger partial charge in [0, 0.05) is 12.6 Å². The molecular weight excluding hydrogens is 262 g/mol. The molecule has 4 nitrogen and oxygen atoms in total. The van der Waals surface area contributed by atoms with E-state index in [1.54, 1.807) is 4.31 Å². The minimum Gasteiger partial charge on any atom is -0.508 e. The molecule has 5 heteroatoms. The first-order valence-electron chi connectivity index (χ1n) is 6.86. The Kier molecular flexibility index (Phi) is 4.47. The summed E-state index contributed by atoms with van der Waals surface area (Å²) in [6.07, 6.45) is 4.90. The van der Waals surface area contributed by atoms with E-state index in [4.69, 9.17) is 0 Å². The molecule has 0 saturated carbocycles. The zero-order valence-electron chi connectivity index (χ0n) is 11.2. The van der Waals surface area contributed by atoms with E-state index in [1.807, 2.05) is 6.92 Å². The lowest BCUT2D eigenvalue weighted by atomic mass is 10.1. The highest BCUT2D eigenvalue weighted by molar-refractivity contribution is 7.89. The van der Waals surface area contributed by atoms with Gasteiger partial charge in [-0.1, -0.05) is 19.8 Å². The van der Waals surface area contributed by atoms with Crippen molar-refractivity contribution in [3.8, 4) is 5.75 Å². The third-order valence-corrected chi connectivity index (χ3v) is 5.70. The Morgan fingerprint density at radius 2 is 1.89 bits per heavy atom. The average molecular weight is 283 g/mol. The van der Waals surface area contributed by atoms with Crippen LogP contribution in [-0.2, 0) is 10.0 Å². The van der Waals surface area contributed by atoms with Crippen molar-refractivity contribution in [2.45, 2.75) is 50.0 Å². The summed E-state index contributed by atoms with van der Waals surface area (Å²) in [6, 6.07) is 5.89. The lowest BCUT2D eigenvalue weighted by Gasteiger charge is -2.28. The molecule has 0 bridgehead atoms. The first-order chi connectivity index (χ1) is 9.05. The Hall–Kier alpha value is -1.07. The van der Waals surface area contributed by atoms with Gasteiger partial charge < -0.3 is 5.11 Å². The van der Waals surface area contributed by atoms with Crippen molar-refractivity contribution in [2.75, 3.05) is 6.54 Å². The lowest BCUT2D eigenvalue weighted by molar-refractivity contribution is 0.315. The highest BCUT2D eigenvalue weighted by atomic mass is 32.2. The molecule has 1 aromatic carbocycles. The maximum Gasteiger partial charge on any atom is 0.243 e. The number of hydrogen-bond donors (Lipinski definition) is 1. The molecule has 19 heavy (non-hydrogen) atoms. The third-order valence-electron chi connectivity index (χ3n) is 3.74. The number of rotatable bonds is 3. The van der Waals surface area contributed by atoms with Crippen LogP contribution in [0.3, 0.4) is 0 Å². The summed E-state index contributed by atoms with van der Waals surface area (Å²) in [5.74, 6) is 0.0851. The van der Waals surface area contributed by atoms with Gasteiger partial charge in [-0.15, -0.1) is 0 Å². The summed E-state index contributed by atoms with van der Waals surface area (Å²) in [5.41, 5.74) is 0. The van der Waals surface area contributed by atoms with E-state index in [0.29, 0.717) is 6.54 Å². The van der Waals surface area contributed by atoms with Gasteiger partial charge in [0.25, 0.3) is 0 Å². The lowest BCUT2D eigenvalue weighted by Crippen LogP contribution is -2.39. The van der Waals surface area contributed by atoms with Gasteiger partial charge in [-0.2, -0.15) is 4.31 Å². The van der Waals surface area contributed by atoms with Gasteiger partial charge in [-0.3, -0.25) is 0 Å². The minimum atomic E-state index is -3.44. The number of phenolic OH excluding ortho intramolecular Hbond substituents is 1. The molecule has 1 aliphatic rings. The van der Waals surface area contributed by atoms with Gasteiger partial charge >= 0.3 is 0 Å². The summed E-state index contributed by atoms with van der Waals surface area (Å²) < 4.78 is 27.0. The van der Waals surface area contributed by atoms with Crippen LogP contribution in [-0.4, -0.2) is 30.4 Å². The smallest absolute Gasteiger partial charge is 0.243 e. The van der Waals surface area contributed by atoms with Gasteiger partial charge in [0.2, 0.25) is 10.0 Å². The summed E-state index contributed by atoms with van der Waals surface area (Å²) in [7, 11) is -3.44. The first-order valence-corrected chi connectivity index (χ1v) is 8.30. The van der Waals surface area contributed by atoms with Crippen LogP contribution in [0, 0.1) is 0 Å². The SMILES string of the molecule is CCC1CCCCCN1S(=O)(=O)c1ccc(O)cc1. The van der Waals surface area contributed by atoms with Crippen LogP contribution < -0.4 is 0 Å². The number of benzene rings is 1. The van der Waals surface area contributed by atoms with Crippen molar-refractivity contribution >= 4 is 10.0 Å². The highest BCUT2D eigenvalue weighted by Gasteiger charge is 2.31. The Morgan fingerprint density at radius 1 is 1.21 bits per heavy atom. The second kappa shape index (κ2) is 5.92. The van der Waals surface area contributed by atoms with E-state index in [-0.39, 0.29) is 16.7 Å². The number of hydrogen-bond acceptors (Lipinski definition) is 3. The molecule has 106 valence electrons. The highest BCUT2D eigenvalue weighted by Crippen LogP contribution is 2.27. The van der Waals surface area contributed by atoms with Crippen molar-refractivity contribution in [1.29, 1.82) is 0 Å². The maximum absolute atomic E-state index is 12.7. The van der Waals surface area contributed by atoms with Crippen molar-refractivity contribution in [3.05, 3.63) is 24.3 Å². The van der Waals surface area contributed by atoms with Crippen molar-refractivity contribution in [1.82, 2.24) is 4.31 Å². The Bertz CT molecular complexity index is 510. The van der Waals surface area contributed by atoms with Gasteiger partial charge in [0.05, 0.1) is 4.90 Å². The van der Waals surface area contributed by atoms with Crippen LogP contribution in [0.1, 0.15) is 39.0 Å². The largest absolute Gasteiger partial charge is 0.508 e. The molecule has 1 unspecified atom stereocenters. The average Bonchev–Trinajstić information content (AvgIpc) is 2.64. The monoisotopic (exact) mass is 283 g/mol. The zero-order chi connectivity index (χ0) is 13.9. The Labute approximate surface area is 115 Å². The fraction of sp³-hybridized carbons (Fsp3) is 0.571. The van der Waals surface area contributed by atoms with E-state index in [2.05, 4.69) is 0 Å². The van der Waals surface area contributed by atoms with Crippen molar-refractivity contribution < 1.29 is 13.5 Å². The molecule has 0 spiro atoms. The molecule has 0 radical (unpaired) electrons. The standard InChI is InChI=1S/C14H21NO3S/c1-2-12-6-4-3-5-11-15(12)19(17,18)14-9-7-13(16)8-10-14/h7-10,12,16H,2-6,11H2,1H3. The molecule has 0 amide bonds. The molecule has 1 fully saturated rings. The molecule has 0 aromatic heterocycles. The van der Waals surface area contributed by atoms with E-state index < -0.39 is 10.0 Å². The molecule has 2 rings (SSSR count). The molecule has 1 N–H and O–H groups in total. The van der Waals surface area contributed by atoms with Gasteiger partial charge in [-0.05, 0) is 43.5 Å². The summed E-state index contributed by atoms with van der Waals surface area (Å²) >= 11 is 0. The summed E-state index contributed by atoms with van der Waals surface area (Å²) in [4.78, 5) is 0.269. The molecule has 1 saturated heterocycles. The molecule has 1 aromatic rings. The quantitative estimate of drug-likeness (QED) is 0.928. The zero-order valence-corrected chi connectivity index (χ0v) is 12.1. The number of sulfonamides is 1. The Morgan fingerprint density at radius 3 is 2.53 bits per heavy atom. The maximum atomic E-state index is 12.7. The summed E-state index contributed by atoms with van der Waals surface area (Å²) in [5, 5.41) is 9.27. The van der Waals surface area contributed by atoms with Crippen LogP contribution in [0.25, 0.3) is 0 Å². The van der Waals surface area contributed by atoms with Crippen LogP contribution >= 0.6 is 0 Å². The molecule has 0 aliphatic carbocycles. The number of phenols is 1. The van der Waals surface area contributed by atoms with Gasteiger partial charge in [0.15, 0.2) is 0 Å². The fourth-order valence-corrected chi connectivity index (χ4v) is 4.40. The van der Waals surface area contributed by atoms with E-state index >= 15 is 0 Å². The van der Waals surface area contributed by atoms with Crippen LogP contribution in [0.5, 0.6) is 5.75 Å². The third kappa shape index (κ3) is 3.09. The molecule has 1 heterocycles. The normalized spacial score (nSPS) is 22.1. The first kappa shape index (κ1) is 14.3. The van der Waals surface area contributed by atoms with Crippen molar-refractivity contribution in [2.24, 2.45) is 0 Å². The Balaban J connectivity index is 2.33. The second-order valence-corrected chi connectivity index (χ2v) is 6.91. The number of nitrogens with zero attached hydrogens (tertiary/aromatic N) is 1. The predicted octanol–water partition coefficient (Wildman–Crippen LogP) is 2.74. The van der Waals surface area contributed by atoms with E-state index in [0.717, 1.165) is 32.1 Å². The van der Waals surface area contributed by atoms with Crippen molar-refractivity contribution in [3.63, 3.8) is 0 Å². The van der Waals surface area contributed by atoms with E-state index in [1.165, 1.54) is 24.3 Å².